The van der Waals surface area contributed by atoms with Gasteiger partial charge in [0.1, 0.15) is 17.4 Å². The maximum Gasteiger partial charge on any atom is 0.246 e. The van der Waals surface area contributed by atoms with Crippen LogP contribution in [0, 0.1) is 17.6 Å². The maximum atomic E-state index is 13.4. The van der Waals surface area contributed by atoms with E-state index in [1.165, 1.54) is 29.8 Å². The number of hydrogen-bond donors (Lipinski definition) is 1. The Labute approximate surface area is 206 Å². The lowest BCUT2D eigenvalue weighted by Gasteiger charge is -2.43. The van der Waals surface area contributed by atoms with Crippen LogP contribution in [-0.2, 0) is 4.79 Å². The van der Waals surface area contributed by atoms with Gasteiger partial charge in [0, 0.05) is 31.3 Å². The fraction of sp³-hybridized carbons (Fsp3) is 0.464. The summed E-state index contributed by atoms with van der Waals surface area (Å²) in [6.07, 6.45) is 6.58. The predicted molar refractivity (Wildman–Crippen MR) is 132 cm³/mol. The van der Waals surface area contributed by atoms with Crippen molar-refractivity contribution in [3.05, 3.63) is 71.3 Å². The van der Waals surface area contributed by atoms with Crippen molar-refractivity contribution in [3.8, 4) is 5.75 Å². The summed E-state index contributed by atoms with van der Waals surface area (Å²) in [6, 6.07) is 11.6. The van der Waals surface area contributed by atoms with Gasteiger partial charge in [-0.15, -0.1) is 0 Å². The van der Waals surface area contributed by atoms with E-state index in [4.69, 9.17) is 4.74 Å². The van der Waals surface area contributed by atoms with E-state index in [9.17, 15) is 18.7 Å². The molecule has 0 saturated carbocycles. The number of ether oxygens (including phenoxy) is 1. The fourth-order valence-corrected chi connectivity index (χ4v) is 5.47. The number of hydrogen-bond acceptors (Lipinski definition) is 4. The molecular weight excluding hydrogens is 450 g/mol. The number of carbonyl (C=O) groups excluding carboxylic acids is 1. The van der Waals surface area contributed by atoms with Crippen molar-refractivity contribution in [2.75, 3.05) is 39.9 Å². The van der Waals surface area contributed by atoms with E-state index in [1.54, 1.807) is 12.0 Å². The van der Waals surface area contributed by atoms with Gasteiger partial charge in [-0.05, 0) is 92.1 Å². The second-order valence-corrected chi connectivity index (χ2v) is 9.54. The van der Waals surface area contributed by atoms with Crippen molar-refractivity contribution in [2.45, 2.75) is 37.6 Å². The zero-order valence-corrected chi connectivity index (χ0v) is 20.2. The molecule has 5 nitrogen and oxygen atoms in total. The molecule has 0 aliphatic carbocycles. The van der Waals surface area contributed by atoms with Crippen molar-refractivity contribution in [2.24, 2.45) is 5.92 Å². The molecule has 2 aliphatic heterocycles. The lowest BCUT2D eigenvalue weighted by Crippen LogP contribution is -2.50. The van der Waals surface area contributed by atoms with Crippen LogP contribution in [0.3, 0.4) is 0 Å². The van der Waals surface area contributed by atoms with Gasteiger partial charge in [0.25, 0.3) is 0 Å². The number of benzene rings is 2. The second-order valence-electron chi connectivity index (χ2n) is 9.54. The lowest BCUT2D eigenvalue weighted by molar-refractivity contribution is -0.127. The Morgan fingerprint density at radius 2 is 1.74 bits per heavy atom. The zero-order valence-electron chi connectivity index (χ0n) is 20.2. The van der Waals surface area contributed by atoms with Crippen molar-refractivity contribution in [1.82, 2.24) is 9.80 Å². The fourth-order valence-electron chi connectivity index (χ4n) is 5.47. The summed E-state index contributed by atoms with van der Waals surface area (Å²) in [5.41, 5.74) is 1.63. The molecule has 2 heterocycles. The van der Waals surface area contributed by atoms with Gasteiger partial charge in [-0.1, -0.05) is 12.1 Å². The summed E-state index contributed by atoms with van der Waals surface area (Å²) in [7, 11) is 1.69. The van der Waals surface area contributed by atoms with Crippen LogP contribution in [-0.4, -0.2) is 66.8 Å². The highest BCUT2D eigenvalue weighted by Gasteiger charge is 2.33. The van der Waals surface area contributed by atoms with Gasteiger partial charge in [0.05, 0.1) is 13.7 Å². The van der Waals surface area contributed by atoms with Crippen molar-refractivity contribution in [1.29, 1.82) is 0 Å². The van der Waals surface area contributed by atoms with Gasteiger partial charge in [-0.3, -0.25) is 9.69 Å². The molecule has 0 aromatic heterocycles. The van der Waals surface area contributed by atoms with Gasteiger partial charge < -0.3 is 14.7 Å². The minimum absolute atomic E-state index is 0.101. The average Bonchev–Trinajstić information content (AvgIpc) is 2.88. The van der Waals surface area contributed by atoms with E-state index < -0.39 is 11.6 Å². The third-order valence-electron chi connectivity index (χ3n) is 7.45. The third kappa shape index (κ3) is 6.47. The smallest absolute Gasteiger partial charge is 0.246 e. The van der Waals surface area contributed by atoms with Crippen molar-refractivity contribution in [3.63, 3.8) is 0 Å². The Kier molecular flexibility index (Phi) is 8.52. The van der Waals surface area contributed by atoms with E-state index in [-0.39, 0.29) is 18.6 Å². The van der Waals surface area contributed by atoms with Crippen LogP contribution in [0.4, 0.5) is 8.78 Å². The van der Waals surface area contributed by atoms with Crippen LogP contribution in [0.5, 0.6) is 5.75 Å². The third-order valence-corrected chi connectivity index (χ3v) is 7.45. The molecular formula is C28H34F2N2O3. The lowest BCUT2D eigenvalue weighted by atomic mass is 9.84. The number of aliphatic hydroxyl groups is 1. The van der Waals surface area contributed by atoms with E-state index in [2.05, 4.69) is 17.0 Å². The molecule has 2 aromatic rings. The highest BCUT2D eigenvalue weighted by Crippen LogP contribution is 2.33. The minimum Gasteiger partial charge on any atom is -0.497 e. The molecule has 2 saturated heterocycles. The van der Waals surface area contributed by atoms with E-state index in [1.807, 2.05) is 12.1 Å². The quantitative estimate of drug-likeness (QED) is 0.590. The van der Waals surface area contributed by atoms with Crippen LogP contribution >= 0.6 is 0 Å². The number of piperidine rings is 2. The van der Waals surface area contributed by atoms with Gasteiger partial charge >= 0.3 is 0 Å². The summed E-state index contributed by atoms with van der Waals surface area (Å²) in [6.45, 7) is 3.23. The Morgan fingerprint density at radius 1 is 1.06 bits per heavy atom. The van der Waals surface area contributed by atoms with E-state index >= 15 is 0 Å². The molecule has 188 valence electrons. The van der Waals surface area contributed by atoms with Crippen LogP contribution in [0.2, 0.25) is 0 Å². The summed E-state index contributed by atoms with van der Waals surface area (Å²) < 4.78 is 32.1. The van der Waals surface area contributed by atoms with Gasteiger partial charge in [0.15, 0.2) is 0 Å². The zero-order chi connectivity index (χ0) is 24.8. The molecule has 1 N–H and O–H groups in total. The first-order valence-corrected chi connectivity index (χ1v) is 12.4. The standard InChI is InChI=1S/C28H34F2N2O3/c1-35-26-4-2-3-23(17-26)21-7-11-31(12-8-21)27(19-33)22-9-13-32(14-10-22)28(34)6-5-20-15-24(29)18-25(30)16-20/h2-6,15-18,21-22,27,33H,7-14,19H2,1H3. The number of amides is 1. The number of halogens is 2. The summed E-state index contributed by atoms with van der Waals surface area (Å²) >= 11 is 0. The minimum atomic E-state index is -0.666. The number of nitrogens with zero attached hydrogens (tertiary/aromatic N) is 2. The molecule has 7 heteroatoms. The molecule has 35 heavy (non-hydrogen) atoms. The first-order valence-electron chi connectivity index (χ1n) is 12.4. The molecule has 2 fully saturated rings. The predicted octanol–water partition coefficient (Wildman–Crippen LogP) is 4.47. The molecule has 0 bridgehead atoms. The molecule has 2 aromatic carbocycles. The molecule has 1 unspecified atom stereocenters. The first kappa shape index (κ1) is 25.3. The molecule has 1 atom stereocenters. The van der Waals surface area contributed by atoms with Gasteiger partial charge in [-0.25, -0.2) is 8.78 Å². The SMILES string of the molecule is COc1cccc(C2CCN(C(CO)C3CCN(C(=O)C=Cc4cc(F)cc(F)c4)CC3)CC2)c1. The van der Waals surface area contributed by atoms with Gasteiger partial charge in [0.2, 0.25) is 5.91 Å². The largest absolute Gasteiger partial charge is 0.497 e. The summed E-state index contributed by atoms with van der Waals surface area (Å²) in [4.78, 5) is 16.8. The Balaban J connectivity index is 1.28. The van der Waals surface area contributed by atoms with Crippen molar-refractivity contribution < 1.29 is 23.4 Å². The van der Waals surface area contributed by atoms with Crippen LogP contribution in [0.1, 0.15) is 42.7 Å². The molecule has 1 amide bonds. The second kappa shape index (κ2) is 11.8. The number of rotatable bonds is 7. The topological polar surface area (TPSA) is 53.0 Å². The number of aliphatic hydroxyl groups excluding tert-OH is 1. The number of methoxy groups -OCH3 is 1. The Hall–Kier alpha value is -2.77. The molecule has 0 spiro atoms. The monoisotopic (exact) mass is 484 g/mol. The highest BCUT2D eigenvalue weighted by atomic mass is 19.1. The molecule has 4 rings (SSSR count). The number of likely N-dealkylation sites (tertiary alicyclic amines) is 2. The number of carbonyl (C=O) groups is 1. The summed E-state index contributed by atoms with van der Waals surface area (Å²) in [5.74, 6) is 0.225. The van der Waals surface area contributed by atoms with Gasteiger partial charge in [-0.2, -0.15) is 0 Å². The summed E-state index contributed by atoms with van der Waals surface area (Å²) in [5, 5.41) is 10.2. The Morgan fingerprint density at radius 3 is 2.37 bits per heavy atom. The maximum absolute atomic E-state index is 13.4. The van der Waals surface area contributed by atoms with Crippen LogP contribution in [0.15, 0.2) is 48.5 Å². The first-order chi connectivity index (χ1) is 17.0. The van der Waals surface area contributed by atoms with Crippen LogP contribution < -0.4 is 4.74 Å². The molecule has 2 aliphatic rings. The average molecular weight is 485 g/mol. The van der Waals surface area contributed by atoms with E-state index in [0.717, 1.165) is 50.6 Å². The normalized spacial score (nSPS) is 19.3. The van der Waals surface area contributed by atoms with Crippen LogP contribution in [0.25, 0.3) is 6.08 Å². The Bertz CT molecular complexity index is 1010. The molecule has 0 radical (unpaired) electrons. The van der Waals surface area contributed by atoms with E-state index in [0.29, 0.717) is 30.5 Å². The highest BCUT2D eigenvalue weighted by molar-refractivity contribution is 5.91. The van der Waals surface area contributed by atoms with Crippen molar-refractivity contribution >= 4 is 12.0 Å².